The SMILES string of the molecule is Cc1ccc(S(=O)(=O)/N=C(\Nc2ccc(S(=O)(=O)Nc3cnc4ccccc4n3)cc2)c2ccccc2)cc1. The van der Waals surface area contributed by atoms with Gasteiger partial charge in [0.15, 0.2) is 11.7 Å². The molecule has 0 spiro atoms. The van der Waals surface area contributed by atoms with Crippen LogP contribution in [0.25, 0.3) is 11.0 Å². The van der Waals surface area contributed by atoms with Crippen molar-refractivity contribution in [1.82, 2.24) is 9.97 Å². The summed E-state index contributed by atoms with van der Waals surface area (Å²) in [6.45, 7) is 1.87. The molecule has 1 aromatic heterocycles. The van der Waals surface area contributed by atoms with Gasteiger partial charge in [-0.1, -0.05) is 60.2 Å². The normalized spacial score (nSPS) is 12.3. The Balaban J connectivity index is 1.41. The predicted molar refractivity (Wildman–Crippen MR) is 152 cm³/mol. The molecule has 0 fully saturated rings. The summed E-state index contributed by atoms with van der Waals surface area (Å²) < 4.78 is 58.5. The van der Waals surface area contributed by atoms with Gasteiger partial charge in [-0.25, -0.2) is 13.4 Å². The largest absolute Gasteiger partial charge is 0.339 e. The highest BCUT2D eigenvalue weighted by molar-refractivity contribution is 7.92. The van der Waals surface area contributed by atoms with Gasteiger partial charge in [-0.2, -0.15) is 8.42 Å². The van der Waals surface area contributed by atoms with Gasteiger partial charge in [0, 0.05) is 11.3 Å². The second kappa shape index (κ2) is 10.6. The molecule has 11 heteroatoms. The number of para-hydroxylation sites is 2. The molecule has 5 aromatic rings. The molecule has 0 aliphatic rings. The summed E-state index contributed by atoms with van der Waals surface area (Å²) in [4.78, 5) is 8.59. The maximum Gasteiger partial charge on any atom is 0.284 e. The number of aromatic nitrogens is 2. The van der Waals surface area contributed by atoms with Gasteiger partial charge in [0.05, 0.1) is 27.0 Å². The summed E-state index contributed by atoms with van der Waals surface area (Å²) in [5.74, 6) is 0.187. The van der Waals surface area contributed by atoms with Gasteiger partial charge < -0.3 is 5.32 Å². The lowest BCUT2D eigenvalue weighted by Crippen LogP contribution is -2.17. The average molecular weight is 558 g/mol. The number of rotatable bonds is 7. The molecule has 39 heavy (non-hydrogen) atoms. The molecular weight excluding hydrogens is 534 g/mol. The van der Waals surface area contributed by atoms with Crippen molar-refractivity contribution in [2.75, 3.05) is 10.0 Å². The lowest BCUT2D eigenvalue weighted by molar-refractivity contribution is 0.597. The molecule has 0 atom stereocenters. The van der Waals surface area contributed by atoms with E-state index in [1.165, 1.54) is 42.6 Å². The smallest absolute Gasteiger partial charge is 0.284 e. The van der Waals surface area contributed by atoms with E-state index in [-0.39, 0.29) is 21.4 Å². The topological polar surface area (TPSA) is 130 Å². The van der Waals surface area contributed by atoms with E-state index < -0.39 is 20.0 Å². The maximum atomic E-state index is 13.0. The molecule has 0 saturated carbocycles. The number of nitrogens with zero attached hydrogens (tertiary/aromatic N) is 3. The van der Waals surface area contributed by atoms with Crippen LogP contribution in [0.4, 0.5) is 11.5 Å². The Morgan fingerprint density at radius 2 is 1.33 bits per heavy atom. The van der Waals surface area contributed by atoms with Gasteiger partial charge in [-0.05, 0) is 55.5 Å². The highest BCUT2D eigenvalue weighted by Gasteiger charge is 2.18. The second-order valence-corrected chi connectivity index (χ2v) is 11.9. The number of nitrogens with one attached hydrogen (secondary N) is 2. The highest BCUT2D eigenvalue weighted by atomic mass is 32.2. The van der Waals surface area contributed by atoms with E-state index in [1.54, 1.807) is 54.6 Å². The zero-order chi connectivity index (χ0) is 27.5. The van der Waals surface area contributed by atoms with Crippen LogP contribution in [-0.4, -0.2) is 32.6 Å². The van der Waals surface area contributed by atoms with Gasteiger partial charge in [0.1, 0.15) is 0 Å². The van der Waals surface area contributed by atoms with Crippen LogP contribution in [0.5, 0.6) is 0 Å². The van der Waals surface area contributed by atoms with Crippen molar-refractivity contribution in [1.29, 1.82) is 0 Å². The maximum absolute atomic E-state index is 13.0. The van der Waals surface area contributed by atoms with Crippen molar-refractivity contribution in [2.45, 2.75) is 16.7 Å². The fourth-order valence-corrected chi connectivity index (χ4v) is 5.65. The molecule has 0 radical (unpaired) electrons. The Labute approximate surface area is 226 Å². The van der Waals surface area contributed by atoms with E-state index in [4.69, 9.17) is 0 Å². The van der Waals surface area contributed by atoms with Gasteiger partial charge in [-0.3, -0.25) is 9.71 Å². The van der Waals surface area contributed by atoms with Crippen LogP contribution in [-0.2, 0) is 20.0 Å². The van der Waals surface area contributed by atoms with E-state index in [0.717, 1.165) is 5.56 Å². The number of amidine groups is 1. The molecule has 5 rings (SSSR count). The van der Waals surface area contributed by atoms with Gasteiger partial charge >= 0.3 is 0 Å². The minimum atomic E-state index is -4.02. The molecule has 0 saturated heterocycles. The van der Waals surface area contributed by atoms with E-state index in [0.29, 0.717) is 22.3 Å². The number of hydrogen-bond acceptors (Lipinski definition) is 6. The fraction of sp³-hybridized carbons (Fsp3) is 0.0357. The monoisotopic (exact) mass is 557 g/mol. The standard InChI is InChI=1S/C28H23N5O4S2/c1-20-11-15-23(16-12-20)39(36,37)33-28(21-7-3-2-4-8-21)30-22-13-17-24(18-14-22)38(34,35)32-27-19-29-25-9-5-6-10-26(25)31-27/h2-19H,1H3,(H,30,33)(H,31,32). The summed E-state index contributed by atoms with van der Waals surface area (Å²) in [6.07, 6.45) is 1.35. The van der Waals surface area contributed by atoms with E-state index >= 15 is 0 Å². The first kappa shape index (κ1) is 26.0. The second-order valence-electron chi connectivity index (χ2n) is 8.59. The lowest BCUT2D eigenvalue weighted by atomic mass is 10.2. The molecule has 0 unspecified atom stereocenters. The van der Waals surface area contributed by atoms with Crippen LogP contribution in [0, 0.1) is 6.92 Å². The molecule has 196 valence electrons. The molecule has 1 heterocycles. The Morgan fingerprint density at radius 3 is 2.03 bits per heavy atom. The Kier molecular flexibility index (Phi) is 7.09. The third kappa shape index (κ3) is 6.11. The third-order valence-corrected chi connectivity index (χ3v) is 8.35. The molecule has 9 nitrogen and oxygen atoms in total. The molecule has 0 aliphatic carbocycles. The lowest BCUT2D eigenvalue weighted by Gasteiger charge is -2.12. The minimum Gasteiger partial charge on any atom is -0.339 e. The van der Waals surface area contributed by atoms with Crippen LogP contribution in [0.15, 0.2) is 124 Å². The number of anilines is 2. The average Bonchev–Trinajstić information content (AvgIpc) is 2.93. The number of fused-ring (bicyclic) bond motifs is 1. The van der Waals surface area contributed by atoms with E-state index in [9.17, 15) is 16.8 Å². The van der Waals surface area contributed by atoms with Crippen LogP contribution >= 0.6 is 0 Å². The minimum absolute atomic E-state index is 0.00603. The van der Waals surface area contributed by atoms with Crippen molar-refractivity contribution < 1.29 is 16.8 Å². The number of benzene rings is 4. The van der Waals surface area contributed by atoms with Crippen molar-refractivity contribution in [3.05, 3.63) is 120 Å². The van der Waals surface area contributed by atoms with Crippen LogP contribution in [0.3, 0.4) is 0 Å². The zero-order valence-electron chi connectivity index (χ0n) is 20.7. The van der Waals surface area contributed by atoms with Crippen LogP contribution in [0.1, 0.15) is 11.1 Å². The molecule has 0 bridgehead atoms. The van der Waals surface area contributed by atoms with Gasteiger partial charge in [0.25, 0.3) is 20.0 Å². The van der Waals surface area contributed by atoms with Crippen LogP contribution in [0.2, 0.25) is 0 Å². The number of hydrogen-bond donors (Lipinski definition) is 2. The molecule has 0 aliphatic heterocycles. The summed E-state index contributed by atoms with van der Waals surface area (Å²) in [6, 6.07) is 28.2. The first-order chi connectivity index (χ1) is 18.7. The summed E-state index contributed by atoms with van der Waals surface area (Å²) in [5.41, 5.74) is 3.13. The third-order valence-electron chi connectivity index (χ3n) is 5.69. The van der Waals surface area contributed by atoms with Crippen molar-refractivity contribution in [2.24, 2.45) is 4.40 Å². The van der Waals surface area contributed by atoms with Gasteiger partial charge in [-0.15, -0.1) is 4.40 Å². The summed E-state index contributed by atoms with van der Waals surface area (Å²) >= 11 is 0. The Morgan fingerprint density at radius 1 is 0.718 bits per heavy atom. The molecule has 2 N–H and O–H groups in total. The quantitative estimate of drug-likeness (QED) is 0.213. The zero-order valence-corrected chi connectivity index (χ0v) is 22.3. The Hall–Kier alpha value is -4.61. The van der Waals surface area contributed by atoms with Crippen molar-refractivity contribution in [3.8, 4) is 0 Å². The highest BCUT2D eigenvalue weighted by Crippen LogP contribution is 2.21. The molecular formula is C28H23N5O4S2. The number of sulfonamides is 2. The molecule has 0 amide bonds. The van der Waals surface area contributed by atoms with Crippen molar-refractivity contribution in [3.63, 3.8) is 0 Å². The van der Waals surface area contributed by atoms with E-state index in [2.05, 4.69) is 24.4 Å². The summed E-state index contributed by atoms with van der Waals surface area (Å²) in [5, 5.41) is 3.01. The van der Waals surface area contributed by atoms with Crippen LogP contribution < -0.4 is 10.0 Å². The first-order valence-corrected chi connectivity index (χ1v) is 14.7. The first-order valence-electron chi connectivity index (χ1n) is 11.8. The summed E-state index contributed by atoms with van der Waals surface area (Å²) in [7, 11) is -7.97. The Bertz CT molecular complexity index is 1870. The van der Waals surface area contributed by atoms with E-state index in [1.807, 2.05) is 19.1 Å². The number of aryl methyl sites for hydroxylation is 1. The van der Waals surface area contributed by atoms with Gasteiger partial charge in [0.2, 0.25) is 0 Å². The molecule has 4 aromatic carbocycles. The van der Waals surface area contributed by atoms with Crippen molar-refractivity contribution >= 4 is 48.4 Å². The predicted octanol–water partition coefficient (Wildman–Crippen LogP) is 4.99. The fourth-order valence-electron chi connectivity index (χ4n) is 3.68.